The number of thiophene rings is 1. The third-order valence-corrected chi connectivity index (χ3v) is 2.73. The van der Waals surface area contributed by atoms with Gasteiger partial charge in [0.1, 0.15) is 0 Å². The highest BCUT2D eigenvalue weighted by atomic mass is 35.5. The first kappa shape index (κ1) is 12.5. The summed E-state index contributed by atoms with van der Waals surface area (Å²) < 4.78 is 35.6. The molecule has 0 amide bonds. The average molecular weight is 258 g/mol. The maximum atomic E-state index is 11.7. The molecule has 1 rings (SSSR count). The Kier molecular flexibility index (Phi) is 4.12. The lowest BCUT2D eigenvalue weighted by Gasteiger charge is -2.06. The summed E-state index contributed by atoms with van der Waals surface area (Å²) in [7, 11) is 0. The molecule has 1 aromatic rings. The monoisotopic (exact) mass is 257 g/mol. The van der Waals surface area contributed by atoms with Gasteiger partial charge in [-0.3, -0.25) is 4.79 Å². The zero-order valence-corrected chi connectivity index (χ0v) is 8.97. The third kappa shape index (κ3) is 4.63. The van der Waals surface area contributed by atoms with Crippen LogP contribution in [0.15, 0.2) is 12.1 Å². The molecule has 0 unspecified atom stereocenters. The summed E-state index contributed by atoms with van der Waals surface area (Å²) >= 11 is 6.63. The van der Waals surface area contributed by atoms with Crippen LogP contribution in [-0.4, -0.2) is 25.0 Å². The van der Waals surface area contributed by atoms with Crippen LogP contribution in [-0.2, 0) is 0 Å². The Bertz CT molecular complexity index is 350. The minimum absolute atomic E-state index is 0.337. The molecule has 0 radical (unpaired) electrons. The Morgan fingerprint density at radius 3 is 2.60 bits per heavy atom. The maximum absolute atomic E-state index is 11.7. The van der Waals surface area contributed by atoms with E-state index in [1.807, 2.05) is 5.32 Å². The molecule has 15 heavy (non-hydrogen) atoms. The summed E-state index contributed by atoms with van der Waals surface area (Å²) in [5.74, 6) is -0.392. The van der Waals surface area contributed by atoms with E-state index in [2.05, 4.69) is 0 Å². The molecule has 84 valence electrons. The highest BCUT2D eigenvalue weighted by molar-refractivity contribution is 7.18. The van der Waals surface area contributed by atoms with Crippen molar-refractivity contribution >= 4 is 28.7 Å². The molecule has 1 heterocycles. The molecule has 0 fully saturated rings. The van der Waals surface area contributed by atoms with Crippen molar-refractivity contribution in [3.8, 4) is 0 Å². The lowest BCUT2D eigenvalue weighted by molar-refractivity contribution is -0.124. The Balaban J connectivity index is 2.37. The molecule has 0 aliphatic rings. The van der Waals surface area contributed by atoms with Crippen molar-refractivity contribution in [2.45, 2.75) is 6.18 Å². The molecule has 0 aromatic carbocycles. The van der Waals surface area contributed by atoms with Gasteiger partial charge in [-0.05, 0) is 12.1 Å². The van der Waals surface area contributed by atoms with Gasteiger partial charge in [0.15, 0.2) is 5.78 Å². The van der Waals surface area contributed by atoms with Crippen LogP contribution in [0.2, 0.25) is 4.34 Å². The summed E-state index contributed by atoms with van der Waals surface area (Å²) in [5.41, 5.74) is 0. The van der Waals surface area contributed by atoms with E-state index in [1.54, 1.807) is 0 Å². The predicted octanol–water partition coefficient (Wildman–Crippen LogP) is 2.74. The molecular formula is C8H7ClF3NOS. The molecule has 0 atom stereocenters. The number of carbonyl (C=O) groups is 1. The van der Waals surface area contributed by atoms with Crippen molar-refractivity contribution in [2.75, 3.05) is 13.1 Å². The second-order valence-electron chi connectivity index (χ2n) is 2.75. The van der Waals surface area contributed by atoms with E-state index in [0.29, 0.717) is 9.21 Å². The van der Waals surface area contributed by atoms with Gasteiger partial charge in [-0.25, -0.2) is 0 Å². The number of Topliss-reactive ketones (excluding diaryl/α,β-unsaturated/α-hetero) is 1. The summed E-state index contributed by atoms with van der Waals surface area (Å²) in [4.78, 5) is 11.6. The topological polar surface area (TPSA) is 29.1 Å². The van der Waals surface area contributed by atoms with Crippen LogP contribution < -0.4 is 5.32 Å². The first-order valence-electron chi connectivity index (χ1n) is 3.94. The van der Waals surface area contributed by atoms with Crippen molar-refractivity contribution < 1.29 is 18.0 Å². The van der Waals surface area contributed by atoms with Crippen molar-refractivity contribution in [3.05, 3.63) is 21.3 Å². The fourth-order valence-corrected chi connectivity index (χ4v) is 1.85. The zero-order valence-electron chi connectivity index (χ0n) is 7.40. The number of hydrogen-bond donors (Lipinski definition) is 1. The van der Waals surface area contributed by atoms with E-state index in [9.17, 15) is 18.0 Å². The summed E-state index contributed by atoms with van der Waals surface area (Å²) in [5, 5.41) is 2.02. The van der Waals surface area contributed by atoms with Crippen molar-refractivity contribution in [1.29, 1.82) is 0 Å². The third-order valence-electron chi connectivity index (χ3n) is 1.46. The van der Waals surface area contributed by atoms with Crippen LogP contribution in [0.1, 0.15) is 9.67 Å². The molecule has 0 saturated carbocycles. The van der Waals surface area contributed by atoms with E-state index in [1.165, 1.54) is 12.1 Å². The van der Waals surface area contributed by atoms with Gasteiger partial charge >= 0.3 is 6.18 Å². The van der Waals surface area contributed by atoms with E-state index in [0.717, 1.165) is 11.3 Å². The molecule has 0 aliphatic carbocycles. The lowest BCUT2D eigenvalue weighted by Crippen LogP contribution is -2.32. The van der Waals surface area contributed by atoms with Gasteiger partial charge in [-0.2, -0.15) is 13.2 Å². The molecule has 0 saturated heterocycles. The SMILES string of the molecule is O=C(CNCC(F)(F)F)c1ccc(Cl)s1. The average Bonchev–Trinajstić information content (AvgIpc) is 2.49. The molecular weight excluding hydrogens is 251 g/mol. The Morgan fingerprint density at radius 2 is 2.13 bits per heavy atom. The smallest absolute Gasteiger partial charge is 0.302 e. The Hall–Kier alpha value is -0.590. The number of ketones is 1. The van der Waals surface area contributed by atoms with E-state index >= 15 is 0 Å². The second-order valence-corrected chi connectivity index (χ2v) is 4.46. The fraction of sp³-hybridized carbons (Fsp3) is 0.375. The van der Waals surface area contributed by atoms with Crippen LogP contribution in [0.4, 0.5) is 13.2 Å². The maximum Gasteiger partial charge on any atom is 0.401 e. The second kappa shape index (κ2) is 4.96. The van der Waals surface area contributed by atoms with Gasteiger partial charge in [-0.1, -0.05) is 11.6 Å². The summed E-state index contributed by atoms with van der Waals surface area (Å²) in [6.45, 7) is -1.51. The van der Waals surface area contributed by atoms with Gasteiger partial charge < -0.3 is 5.32 Å². The number of carbonyl (C=O) groups excluding carboxylic acids is 1. The molecule has 2 nitrogen and oxygen atoms in total. The number of hydrogen-bond acceptors (Lipinski definition) is 3. The molecule has 1 N–H and O–H groups in total. The van der Waals surface area contributed by atoms with Crippen LogP contribution in [0.3, 0.4) is 0 Å². The normalized spacial score (nSPS) is 11.7. The van der Waals surface area contributed by atoms with Crippen molar-refractivity contribution in [2.24, 2.45) is 0 Å². The minimum atomic E-state index is -4.30. The lowest BCUT2D eigenvalue weighted by atomic mass is 10.3. The summed E-state index contributed by atoms with van der Waals surface area (Å²) in [6, 6.07) is 3.02. The van der Waals surface area contributed by atoms with Crippen LogP contribution in [0, 0.1) is 0 Å². The molecule has 1 aromatic heterocycles. The fourth-order valence-electron chi connectivity index (χ4n) is 0.869. The van der Waals surface area contributed by atoms with Crippen molar-refractivity contribution in [1.82, 2.24) is 5.32 Å². The number of alkyl halides is 3. The van der Waals surface area contributed by atoms with Crippen LogP contribution in [0.5, 0.6) is 0 Å². The minimum Gasteiger partial charge on any atom is -0.302 e. The molecule has 0 aliphatic heterocycles. The van der Waals surface area contributed by atoms with Gasteiger partial charge in [-0.15, -0.1) is 11.3 Å². The van der Waals surface area contributed by atoms with Crippen molar-refractivity contribution in [3.63, 3.8) is 0 Å². The first-order chi connectivity index (χ1) is 6.88. The van der Waals surface area contributed by atoms with Crippen LogP contribution >= 0.6 is 22.9 Å². The number of halogens is 4. The Labute approximate surface area is 93.0 Å². The number of nitrogens with one attached hydrogen (secondary N) is 1. The van der Waals surface area contributed by atoms with Gasteiger partial charge in [0.25, 0.3) is 0 Å². The molecule has 0 bridgehead atoms. The molecule has 7 heteroatoms. The zero-order chi connectivity index (χ0) is 11.5. The quantitative estimate of drug-likeness (QED) is 0.841. The summed E-state index contributed by atoms with van der Waals surface area (Å²) in [6.07, 6.45) is -4.30. The van der Waals surface area contributed by atoms with Gasteiger partial charge in [0.2, 0.25) is 0 Å². The largest absolute Gasteiger partial charge is 0.401 e. The highest BCUT2D eigenvalue weighted by Gasteiger charge is 2.26. The van der Waals surface area contributed by atoms with E-state index in [-0.39, 0.29) is 6.54 Å². The van der Waals surface area contributed by atoms with E-state index < -0.39 is 18.5 Å². The van der Waals surface area contributed by atoms with E-state index in [4.69, 9.17) is 11.6 Å². The van der Waals surface area contributed by atoms with Crippen LogP contribution in [0.25, 0.3) is 0 Å². The van der Waals surface area contributed by atoms with Gasteiger partial charge in [0, 0.05) is 0 Å². The standard InChI is InChI=1S/C8H7ClF3NOS/c9-7-2-1-6(15-7)5(14)3-13-4-8(10,11)12/h1-2,13H,3-4H2. The highest BCUT2D eigenvalue weighted by Crippen LogP contribution is 2.21. The number of rotatable bonds is 4. The first-order valence-corrected chi connectivity index (χ1v) is 5.14. The molecule has 0 spiro atoms. The van der Waals surface area contributed by atoms with Gasteiger partial charge in [0.05, 0.1) is 22.3 Å². The Morgan fingerprint density at radius 1 is 1.47 bits per heavy atom. The predicted molar refractivity (Wildman–Crippen MR) is 52.6 cm³/mol.